The number of rotatable bonds is 45. The third-order valence-corrected chi connectivity index (χ3v) is 11.2. The normalized spacial score (nSPS) is 13.0. The summed E-state index contributed by atoms with van der Waals surface area (Å²) in [6.45, 7) is 4.84. The summed E-state index contributed by atoms with van der Waals surface area (Å²) in [5.41, 5.74) is 5.49. The fraction of sp³-hybridized carbons (Fsp3) is 0.788. The molecule has 0 aliphatic heterocycles. The lowest BCUT2D eigenvalue weighted by atomic mass is 10.0. The molecule has 59 heavy (non-hydrogen) atoms. The second-order valence-electron chi connectivity index (χ2n) is 16.9. The number of allylic oxidation sites excluding steroid dienone is 8. The van der Waals surface area contributed by atoms with Gasteiger partial charge < -0.3 is 20.9 Å². The number of carbonyl (C=O) groups excluding carboxylic acids is 2. The molecule has 0 spiro atoms. The van der Waals surface area contributed by atoms with Crippen molar-refractivity contribution >= 4 is 17.8 Å². The van der Waals surface area contributed by atoms with E-state index in [-0.39, 0.29) is 18.0 Å². The number of esters is 1. The van der Waals surface area contributed by atoms with Crippen molar-refractivity contribution < 1.29 is 24.2 Å². The van der Waals surface area contributed by atoms with Gasteiger partial charge in [0.05, 0.1) is 0 Å². The van der Waals surface area contributed by atoms with Crippen LogP contribution in [0.3, 0.4) is 0 Å². The summed E-state index contributed by atoms with van der Waals surface area (Å²) in [6, 6.07) is -0.857. The van der Waals surface area contributed by atoms with Crippen molar-refractivity contribution in [2.75, 3.05) is 6.54 Å². The molecule has 0 radical (unpaired) electrons. The maximum atomic E-state index is 12.9. The Hall–Kier alpha value is -2.67. The lowest BCUT2D eigenvalue weighted by molar-refractivity contribution is -0.150. The Bertz CT molecular complexity index is 1070. The Morgan fingerprint density at radius 2 is 0.932 bits per heavy atom. The minimum Gasteiger partial charge on any atom is -0.480 e. The monoisotopic (exact) mass is 827 g/mol. The molecule has 1 amide bonds. The molecule has 0 aliphatic rings. The van der Waals surface area contributed by atoms with E-state index in [2.05, 4.69) is 67.8 Å². The van der Waals surface area contributed by atoms with Crippen molar-refractivity contribution in [3.05, 3.63) is 48.6 Å². The van der Waals surface area contributed by atoms with Gasteiger partial charge in [-0.1, -0.05) is 191 Å². The summed E-state index contributed by atoms with van der Waals surface area (Å²) in [5.74, 6) is -1.23. The Balaban J connectivity index is 4.16. The first-order valence-corrected chi connectivity index (χ1v) is 25.0. The van der Waals surface area contributed by atoms with E-state index in [1.807, 2.05) is 0 Å². The molecule has 0 bridgehead atoms. The van der Waals surface area contributed by atoms with E-state index < -0.39 is 12.0 Å². The lowest BCUT2D eigenvalue weighted by Gasteiger charge is -2.18. The molecule has 0 aromatic carbocycles. The summed E-state index contributed by atoms with van der Waals surface area (Å²) in [4.78, 5) is 36.5. The summed E-state index contributed by atoms with van der Waals surface area (Å²) in [5, 5.41) is 12.0. The van der Waals surface area contributed by atoms with E-state index in [1.54, 1.807) is 0 Å². The number of unbranched alkanes of at least 4 members (excludes halogenated alkanes) is 23. The molecule has 0 aromatic heterocycles. The van der Waals surface area contributed by atoms with E-state index in [1.165, 1.54) is 116 Å². The van der Waals surface area contributed by atoms with Gasteiger partial charge in [-0.15, -0.1) is 0 Å². The molecule has 0 aliphatic carbocycles. The first-order chi connectivity index (χ1) is 28.9. The fourth-order valence-electron chi connectivity index (χ4n) is 7.44. The minimum atomic E-state index is -1.00. The predicted molar refractivity (Wildman–Crippen MR) is 253 cm³/mol. The number of hydrogen-bond donors (Lipinski definition) is 3. The summed E-state index contributed by atoms with van der Waals surface area (Å²) in [6.07, 6.45) is 57.4. The Morgan fingerprint density at radius 1 is 0.508 bits per heavy atom. The van der Waals surface area contributed by atoms with Gasteiger partial charge in [0, 0.05) is 12.8 Å². The molecule has 0 saturated heterocycles. The number of amides is 1. The van der Waals surface area contributed by atoms with Crippen LogP contribution in [0.15, 0.2) is 48.6 Å². The second kappa shape index (κ2) is 46.4. The largest absolute Gasteiger partial charge is 0.480 e. The van der Waals surface area contributed by atoms with Crippen LogP contribution in [0, 0.1) is 0 Å². The topological polar surface area (TPSA) is 119 Å². The molecule has 0 fully saturated rings. The number of nitrogens with one attached hydrogen (secondary N) is 1. The molecule has 7 nitrogen and oxygen atoms in total. The van der Waals surface area contributed by atoms with Crippen molar-refractivity contribution in [2.45, 2.75) is 257 Å². The Morgan fingerprint density at radius 3 is 1.41 bits per heavy atom. The second-order valence-corrected chi connectivity index (χ2v) is 16.9. The van der Waals surface area contributed by atoms with Crippen LogP contribution in [0.4, 0.5) is 0 Å². The SMILES string of the molecule is CC/C=C\C/C=C\C/C=C\C/C=C\CCCCCCCCCCCCC(=O)OC(CCCCCCCCCCCC)CCCCCCCC(=O)NC(CCCN)C(=O)O. The van der Waals surface area contributed by atoms with Gasteiger partial charge >= 0.3 is 11.9 Å². The van der Waals surface area contributed by atoms with Gasteiger partial charge in [0.15, 0.2) is 0 Å². The standard InChI is InChI=1S/C52H94N2O5/c1-3-5-7-9-11-13-15-16-17-18-19-20-21-22-23-24-25-26-27-29-31-36-40-46-51(56)59-48(42-37-33-30-28-14-12-10-8-6-4-2)43-38-34-32-35-39-45-50(55)54-49(52(57)58)44-41-47-53/h5,7,11,13,16-17,19-20,48-49H,3-4,6,8-10,12,14-15,18,21-47,53H2,1-2H3,(H,54,55)(H,57,58)/b7-5-,13-11-,17-16-,20-19-. The maximum absolute atomic E-state index is 12.9. The summed E-state index contributed by atoms with van der Waals surface area (Å²) < 4.78 is 6.07. The van der Waals surface area contributed by atoms with Gasteiger partial charge in [-0.25, -0.2) is 4.79 Å². The minimum absolute atomic E-state index is 0.0118. The lowest BCUT2D eigenvalue weighted by Crippen LogP contribution is -2.40. The average molecular weight is 827 g/mol. The predicted octanol–water partition coefficient (Wildman–Crippen LogP) is 14.7. The van der Waals surface area contributed by atoms with E-state index in [0.717, 1.165) is 89.9 Å². The number of aliphatic carboxylic acids is 1. The van der Waals surface area contributed by atoms with Gasteiger partial charge in [-0.2, -0.15) is 0 Å². The third kappa shape index (κ3) is 43.2. The number of nitrogens with two attached hydrogens (primary N) is 1. The van der Waals surface area contributed by atoms with Crippen molar-refractivity contribution in [2.24, 2.45) is 5.73 Å². The van der Waals surface area contributed by atoms with Crippen LogP contribution in [0.2, 0.25) is 0 Å². The van der Waals surface area contributed by atoms with Crippen LogP contribution in [0.1, 0.15) is 245 Å². The molecule has 7 heteroatoms. The number of carboxylic acids is 1. The summed E-state index contributed by atoms with van der Waals surface area (Å²) in [7, 11) is 0. The zero-order valence-corrected chi connectivity index (χ0v) is 38.6. The molecule has 0 rings (SSSR count). The quantitative estimate of drug-likeness (QED) is 0.0320. The van der Waals surface area contributed by atoms with Crippen LogP contribution >= 0.6 is 0 Å². The zero-order chi connectivity index (χ0) is 43.1. The van der Waals surface area contributed by atoms with Crippen LogP contribution in [-0.4, -0.2) is 41.6 Å². The highest BCUT2D eigenvalue weighted by atomic mass is 16.5. The van der Waals surface area contributed by atoms with Crippen LogP contribution < -0.4 is 11.1 Å². The van der Waals surface area contributed by atoms with Gasteiger partial charge in [0.2, 0.25) is 5.91 Å². The highest BCUT2D eigenvalue weighted by Gasteiger charge is 2.19. The number of carbonyl (C=O) groups is 3. The van der Waals surface area contributed by atoms with Crippen molar-refractivity contribution in [1.29, 1.82) is 0 Å². The molecular weight excluding hydrogens is 733 g/mol. The van der Waals surface area contributed by atoms with E-state index in [0.29, 0.717) is 32.2 Å². The molecular formula is C52H94N2O5. The molecule has 0 aromatic rings. The third-order valence-electron chi connectivity index (χ3n) is 11.2. The van der Waals surface area contributed by atoms with Crippen molar-refractivity contribution in [3.8, 4) is 0 Å². The van der Waals surface area contributed by atoms with Gasteiger partial charge in [0.25, 0.3) is 0 Å². The number of carboxylic acid groups (broad SMARTS) is 1. The fourth-order valence-corrected chi connectivity index (χ4v) is 7.44. The first kappa shape index (κ1) is 56.3. The number of hydrogen-bond acceptors (Lipinski definition) is 5. The first-order valence-electron chi connectivity index (χ1n) is 25.0. The van der Waals surface area contributed by atoms with Gasteiger partial charge in [-0.05, 0) is 96.4 Å². The van der Waals surface area contributed by atoms with Gasteiger partial charge in [-0.3, -0.25) is 9.59 Å². The summed E-state index contributed by atoms with van der Waals surface area (Å²) >= 11 is 0. The Kier molecular flexibility index (Phi) is 44.3. The van der Waals surface area contributed by atoms with Crippen LogP contribution in [-0.2, 0) is 19.1 Å². The molecule has 2 unspecified atom stereocenters. The van der Waals surface area contributed by atoms with Crippen molar-refractivity contribution in [3.63, 3.8) is 0 Å². The average Bonchev–Trinajstić information content (AvgIpc) is 3.22. The van der Waals surface area contributed by atoms with Crippen molar-refractivity contribution in [1.82, 2.24) is 5.32 Å². The van der Waals surface area contributed by atoms with Gasteiger partial charge in [0.1, 0.15) is 12.1 Å². The number of ether oxygens (including phenoxy) is 1. The highest BCUT2D eigenvalue weighted by Crippen LogP contribution is 2.19. The zero-order valence-electron chi connectivity index (χ0n) is 38.6. The molecule has 342 valence electrons. The van der Waals surface area contributed by atoms with Crippen LogP contribution in [0.25, 0.3) is 0 Å². The van der Waals surface area contributed by atoms with E-state index in [4.69, 9.17) is 10.5 Å². The highest BCUT2D eigenvalue weighted by molar-refractivity contribution is 5.83. The van der Waals surface area contributed by atoms with Crippen LogP contribution in [0.5, 0.6) is 0 Å². The molecule has 0 heterocycles. The molecule has 2 atom stereocenters. The Labute approximate surface area is 364 Å². The smallest absolute Gasteiger partial charge is 0.326 e. The molecule has 0 saturated carbocycles. The maximum Gasteiger partial charge on any atom is 0.326 e. The van der Waals surface area contributed by atoms with E-state index in [9.17, 15) is 19.5 Å². The van der Waals surface area contributed by atoms with E-state index >= 15 is 0 Å². The molecule has 4 N–H and O–H groups in total.